The number of aromatic nitrogens is 1. The number of alkyl carbamates (subject to hydrolysis) is 1. The van der Waals surface area contributed by atoms with E-state index in [4.69, 9.17) is 15.1 Å². The summed E-state index contributed by atoms with van der Waals surface area (Å²) in [6, 6.07) is 0.715. The van der Waals surface area contributed by atoms with Crippen LogP contribution in [-0.2, 0) is 16.0 Å². The minimum absolute atomic E-state index is 0.00719. The fraction of sp³-hybridized carbons (Fsp3) is 0.500. The second-order valence-electron chi connectivity index (χ2n) is 5.00. The summed E-state index contributed by atoms with van der Waals surface area (Å²) in [5, 5.41) is 21.9. The molecule has 1 rings (SSSR count). The number of carboxylic acids is 1. The lowest BCUT2D eigenvalue weighted by Gasteiger charge is -2.21. The van der Waals surface area contributed by atoms with Gasteiger partial charge in [-0.2, -0.15) is 5.26 Å². The normalized spacial score (nSPS) is 12.3. The van der Waals surface area contributed by atoms with E-state index in [0.717, 1.165) is 11.3 Å². The average molecular weight is 297 g/mol. The fourth-order valence-corrected chi connectivity index (χ4v) is 1.93. The number of hydrogen-bond donors (Lipinski definition) is 2. The third kappa shape index (κ3) is 5.24. The molecule has 2 N–H and O–H groups in total. The van der Waals surface area contributed by atoms with E-state index in [0.29, 0.717) is 5.69 Å². The Balaban J connectivity index is 2.68. The highest BCUT2D eigenvalue weighted by Crippen LogP contribution is 2.11. The minimum Gasteiger partial charge on any atom is -0.480 e. The Hall–Kier alpha value is -2.14. The Kier molecular flexibility index (Phi) is 5.05. The predicted molar refractivity (Wildman–Crippen MR) is 71.3 cm³/mol. The first-order valence-electron chi connectivity index (χ1n) is 5.78. The first kappa shape index (κ1) is 15.9. The topological polar surface area (TPSA) is 112 Å². The van der Waals surface area contributed by atoms with Crippen LogP contribution in [0.25, 0.3) is 0 Å². The van der Waals surface area contributed by atoms with E-state index in [1.165, 1.54) is 0 Å². The molecule has 0 radical (unpaired) electrons. The maximum Gasteiger partial charge on any atom is 0.408 e. The van der Waals surface area contributed by atoms with Gasteiger partial charge in [-0.05, 0) is 20.8 Å². The number of carboxylic acid groups (broad SMARTS) is 1. The Labute approximate surface area is 120 Å². The number of nitrogens with one attached hydrogen (secondary N) is 1. The first-order valence-corrected chi connectivity index (χ1v) is 6.66. The van der Waals surface area contributed by atoms with E-state index in [2.05, 4.69) is 10.3 Å². The summed E-state index contributed by atoms with van der Waals surface area (Å²) in [6.45, 7) is 5.05. The molecular weight excluding hydrogens is 282 g/mol. The number of aliphatic carboxylic acids is 1. The molecule has 0 aliphatic rings. The molecule has 0 unspecified atom stereocenters. The Morgan fingerprint density at radius 1 is 1.60 bits per heavy atom. The van der Waals surface area contributed by atoms with Gasteiger partial charge in [0.25, 0.3) is 0 Å². The molecule has 0 saturated heterocycles. The van der Waals surface area contributed by atoms with Gasteiger partial charge in [-0.15, -0.1) is 11.3 Å². The van der Waals surface area contributed by atoms with Crippen molar-refractivity contribution in [3.8, 4) is 6.07 Å². The summed E-state index contributed by atoms with van der Waals surface area (Å²) >= 11 is 1.12. The lowest BCUT2D eigenvalue weighted by atomic mass is 10.1. The number of hydrogen-bond acceptors (Lipinski definition) is 6. The van der Waals surface area contributed by atoms with Gasteiger partial charge in [0, 0.05) is 11.8 Å². The van der Waals surface area contributed by atoms with Gasteiger partial charge in [0.2, 0.25) is 0 Å². The van der Waals surface area contributed by atoms with Gasteiger partial charge < -0.3 is 15.2 Å². The highest BCUT2D eigenvalue weighted by Gasteiger charge is 2.25. The van der Waals surface area contributed by atoms with Crippen molar-refractivity contribution in [2.24, 2.45) is 0 Å². The molecule has 1 amide bonds. The Morgan fingerprint density at radius 3 is 2.70 bits per heavy atom. The molecule has 108 valence electrons. The van der Waals surface area contributed by atoms with Gasteiger partial charge in [-0.1, -0.05) is 0 Å². The molecule has 7 nitrogen and oxygen atoms in total. The van der Waals surface area contributed by atoms with Crippen LogP contribution in [0.2, 0.25) is 0 Å². The molecule has 0 aromatic carbocycles. The molecule has 0 fully saturated rings. The molecule has 0 aliphatic carbocycles. The summed E-state index contributed by atoms with van der Waals surface area (Å²) in [6.07, 6.45) is -0.812. The molecule has 1 aromatic rings. The van der Waals surface area contributed by atoms with Crippen molar-refractivity contribution >= 4 is 23.4 Å². The van der Waals surface area contributed by atoms with Crippen LogP contribution in [0.4, 0.5) is 4.79 Å². The van der Waals surface area contributed by atoms with Gasteiger partial charge in [-0.25, -0.2) is 14.6 Å². The van der Waals surface area contributed by atoms with E-state index in [-0.39, 0.29) is 11.4 Å². The van der Waals surface area contributed by atoms with E-state index < -0.39 is 23.7 Å². The third-order valence-corrected chi connectivity index (χ3v) is 2.85. The molecule has 0 aliphatic heterocycles. The van der Waals surface area contributed by atoms with Crippen LogP contribution in [0.15, 0.2) is 5.38 Å². The number of ether oxygens (including phenoxy) is 1. The smallest absolute Gasteiger partial charge is 0.408 e. The van der Waals surface area contributed by atoms with E-state index >= 15 is 0 Å². The zero-order chi connectivity index (χ0) is 15.3. The first-order chi connectivity index (χ1) is 9.21. The van der Waals surface area contributed by atoms with Crippen molar-refractivity contribution < 1.29 is 19.4 Å². The minimum atomic E-state index is -1.19. The molecular formula is C12H15N3O4S. The van der Waals surface area contributed by atoms with E-state index in [1.807, 2.05) is 6.07 Å². The molecule has 20 heavy (non-hydrogen) atoms. The predicted octanol–water partition coefficient (Wildman–Crippen LogP) is 1.54. The second kappa shape index (κ2) is 6.34. The average Bonchev–Trinajstić information content (AvgIpc) is 2.73. The van der Waals surface area contributed by atoms with Crippen LogP contribution in [0.5, 0.6) is 0 Å². The Morgan fingerprint density at radius 2 is 2.25 bits per heavy atom. The summed E-state index contributed by atoms with van der Waals surface area (Å²) in [7, 11) is 0. The van der Waals surface area contributed by atoms with Crippen molar-refractivity contribution in [1.82, 2.24) is 10.3 Å². The van der Waals surface area contributed by atoms with Crippen molar-refractivity contribution in [2.75, 3.05) is 0 Å². The highest BCUT2D eigenvalue weighted by molar-refractivity contribution is 7.10. The van der Waals surface area contributed by atoms with Crippen LogP contribution in [0, 0.1) is 11.3 Å². The highest BCUT2D eigenvalue weighted by atomic mass is 32.1. The van der Waals surface area contributed by atoms with E-state index in [9.17, 15) is 9.59 Å². The number of nitrogens with zero attached hydrogens (tertiary/aromatic N) is 2. The summed E-state index contributed by atoms with van der Waals surface area (Å²) in [5.41, 5.74) is -0.267. The molecule has 1 heterocycles. The fourth-order valence-electron chi connectivity index (χ4n) is 1.31. The monoisotopic (exact) mass is 297 g/mol. The van der Waals surface area contributed by atoms with Gasteiger partial charge >= 0.3 is 12.1 Å². The zero-order valence-electron chi connectivity index (χ0n) is 11.3. The Bertz CT molecular complexity index is 542. The standard InChI is InChI=1S/C12H15N3O4S/c1-12(2,3)19-11(18)15-8(10(16)17)4-7-6-20-9(5-13)14-7/h6,8H,4H2,1-3H3,(H,15,18)(H,16,17)/t8-/m0/s1. The molecule has 1 atom stereocenters. The molecule has 1 aromatic heterocycles. The van der Waals surface area contributed by atoms with Crippen LogP contribution in [0.1, 0.15) is 31.5 Å². The second-order valence-corrected chi connectivity index (χ2v) is 5.86. The summed E-state index contributed by atoms with van der Waals surface area (Å²) in [4.78, 5) is 26.6. The van der Waals surface area contributed by atoms with Gasteiger partial charge in [-0.3, -0.25) is 0 Å². The number of rotatable bonds is 4. The molecule has 0 bridgehead atoms. The molecule has 8 heteroatoms. The van der Waals surface area contributed by atoms with E-state index in [1.54, 1.807) is 26.2 Å². The van der Waals surface area contributed by atoms with Crippen molar-refractivity contribution in [3.05, 3.63) is 16.1 Å². The maximum absolute atomic E-state index is 11.6. The number of thiazole rings is 1. The number of nitriles is 1. The quantitative estimate of drug-likeness (QED) is 0.871. The van der Waals surface area contributed by atoms with Gasteiger partial charge in [0.05, 0.1) is 5.69 Å². The third-order valence-electron chi connectivity index (χ3n) is 2.05. The van der Waals surface area contributed by atoms with Crippen LogP contribution in [0.3, 0.4) is 0 Å². The molecule has 0 spiro atoms. The number of carbonyl (C=O) groups is 2. The van der Waals surface area contributed by atoms with Crippen molar-refractivity contribution in [2.45, 2.75) is 38.8 Å². The lowest BCUT2D eigenvalue weighted by molar-refractivity contribution is -0.139. The summed E-state index contributed by atoms with van der Waals surface area (Å²) < 4.78 is 5.00. The van der Waals surface area contributed by atoms with Crippen LogP contribution >= 0.6 is 11.3 Å². The summed E-state index contributed by atoms with van der Waals surface area (Å²) in [5.74, 6) is -1.19. The number of amides is 1. The maximum atomic E-state index is 11.6. The van der Waals surface area contributed by atoms with Crippen LogP contribution < -0.4 is 5.32 Å². The zero-order valence-corrected chi connectivity index (χ0v) is 12.2. The van der Waals surface area contributed by atoms with Gasteiger partial charge in [0.1, 0.15) is 17.7 Å². The van der Waals surface area contributed by atoms with Gasteiger partial charge in [0.15, 0.2) is 5.01 Å². The van der Waals surface area contributed by atoms with Crippen molar-refractivity contribution in [1.29, 1.82) is 5.26 Å². The number of carbonyl (C=O) groups excluding carboxylic acids is 1. The molecule has 0 saturated carbocycles. The van der Waals surface area contributed by atoms with Crippen LogP contribution in [-0.4, -0.2) is 33.8 Å². The lowest BCUT2D eigenvalue weighted by Crippen LogP contribution is -2.44. The SMILES string of the molecule is CC(C)(C)OC(=O)N[C@@H](Cc1csc(C#N)n1)C(=O)O. The largest absolute Gasteiger partial charge is 0.480 e. The van der Waals surface area contributed by atoms with Crippen molar-refractivity contribution in [3.63, 3.8) is 0 Å².